The second kappa shape index (κ2) is 5.41. The number of aromatic nitrogens is 2. The van der Waals surface area contributed by atoms with Gasteiger partial charge in [0, 0.05) is 22.8 Å². The summed E-state index contributed by atoms with van der Waals surface area (Å²) >= 11 is 1.66. The van der Waals surface area contributed by atoms with Crippen molar-refractivity contribution in [3.8, 4) is 0 Å². The Morgan fingerprint density at radius 3 is 3.04 bits per heavy atom. The van der Waals surface area contributed by atoms with Crippen molar-refractivity contribution in [1.29, 1.82) is 0 Å². The molecule has 1 aliphatic heterocycles. The molecule has 3 aromatic rings. The van der Waals surface area contributed by atoms with E-state index in [2.05, 4.69) is 10.3 Å². The third kappa shape index (κ3) is 2.13. The van der Waals surface area contributed by atoms with E-state index in [1.54, 1.807) is 11.3 Å². The Hall–Kier alpha value is -2.67. The van der Waals surface area contributed by atoms with E-state index >= 15 is 0 Å². The number of aryl methyl sites for hydroxylation is 2. The van der Waals surface area contributed by atoms with Crippen molar-refractivity contribution in [2.45, 2.75) is 38.3 Å². The Bertz CT molecular complexity index is 1050. The molecule has 0 radical (unpaired) electrons. The van der Waals surface area contributed by atoms with Crippen LogP contribution in [0, 0.1) is 6.92 Å². The van der Waals surface area contributed by atoms with Crippen molar-refractivity contribution < 1.29 is 9.59 Å². The standard InChI is InChI=1S/C19H18N4O2S/c1-12-4-5-16-20-13(10-22(16)9-12)11-23-17(24)19(21-18(23)25)7-2-3-15-14(19)6-8-26-15/h4-6,8-10H,2-3,7,11H2,1H3,(H,21,25). The summed E-state index contributed by atoms with van der Waals surface area (Å²) in [6, 6.07) is 5.58. The number of thiophene rings is 1. The van der Waals surface area contributed by atoms with Crippen molar-refractivity contribution in [2.75, 3.05) is 0 Å². The molecule has 1 unspecified atom stereocenters. The Morgan fingerprint density at radius 1 is 1.27 bits per heavy atom. The van der Waals surface area contributed by atoms with Crippen LogP contribution in [-0.2, 0) is 23.3 Å². The van der Waals surface area contributed by atoms with E-state index in [1.807, 2.05) is 47.3 Å². The molecule has 0 aromatic carbocycles. The lowest BCUT2D eigenvalue weighted by Crippen LogP contribution is -2.46. The first-order valence-corrected chi connectivity index (χ1v) is 9.60. The second-order valence-electron chi connectivity index (χ2n) is 7.04. The fourth-order valence-corrected chi connectivity index (χ4v) is 5.08. The lowest BCUT2D eigenvalue weighted by atomic mass is 9.80. The zero-order valence-electron chi connectivity index (χ0n) is 14.4. The van der Waals surface area contributed by atoms with Gasteiger partial charge >= 0.3 is 6.03 Å². The minimum atomic E-state index is -0.888. The highest BCUT2D eigenvalue weighted by molar-refractivity contribution is 7.10. The highest BCUT2D eigenvalue weighted by Gasteiger charge is 2.54. The molecule has 5 rings (SSSR count). The van der Waals surface area contributed by atoms with Gasteiger partial charge in [-0.05, 0) is 49.3 Å². The van der Waals surface area contributed by atoms with Crippen LogP contribution in [0.3, 0.4) is 0 Å². The highest BCUT2D eigenvalue weighted by Crippen LogP contribution is 2.42. The van der Waals surface area contributed by atoms with E-state index in [9.17, 15) is 9.59 Å². The Balaban J connectivity index is 1.49. The number of pyridine rings is 1. The molecule has 1 fully saturated rings. The van der Waals surface area contributed by atoms with Crippen LogP contribution in [0.4, 0.5) is 4.79 Å². The number of carbonyl (C=O) groups is 2. The molecule has 6 nitrogen and oxygen atoms in total. The topological polar surface area (TPSA) is 66.7 Å². The molecule has 3 amide bonds. The average molecular weight is 366 g/mol. The quantitative estimate of drug-likeness (QED) is 0.709. The molecular weight excluding hydrogens is 348 g/mol. The van der Waals surface area contributed by atoms with Crippen LogP contribution >= 0.6 is 11.3 Å². The molecule has 132 valence electrons. The molecule has 0 bridgehead atoms. The third-order valence-corrected chi connectivity index (χ3v) is 6.29. The summed E-state index contributed by atoms with van der Waals surface area (Å²) in [7, 11) is 0. The van der Waals surface area contributed by atoms with Gasteiger partial charge in [0.1, 0.15) is 11.2 Å². The van der Waals surface area contributed by atoms with E-state index in [0.29, 0.717) is 12.1 Å². The minimum absolute atomic E-state index is 0.157. The summed E-state index contributed by atoms with van der Waals surface area (Å²) in [5, 5.41) is 4.99. The smallest absolute Gasteiger partial charge is 0.319 e. The highest BCUT2D eigenvalue weighted by atomic mass is 32.1. The lowest BCUT2D eigenvalue weighted by molar-refractivity contribution is -0.132. The fourth-order valence-electron chi connectivity index (χ4n) is 4.08. The Morgan fingerprint density at radius 2 is 2.15 bits per heavy atom. The number of nitrogens with zero attached hydrogens (tertiary/aromatic N) is 3. The number of imide groups is 1. The predicted octanol–water partition coefficient (Wildman–Crippen LogP) is 2.99. The Kier molecular flexibility index (Phi) is 3.24. The summed E-state index contributed by atoms with van der Waals surface area (Å²) in [5.41, 5.74) is 2.73. The number of imidazole rings is 1. The second-order valence-corrected chi connectivity index (χ2v) is 8.04. The molecule has 7 heteroatoms. The van der Waals surface area contributed by atoms with Gasteiger partial charge in [0.15, 0.2) is 0 Å². The zero-order chi connectivity index (χ0) is 17.9. The maximum Gasteiger partial charge on any atom is 0.325 e. The molecule has 2 aliphatic rings. The van der Waals surface area contributed by atoms with Gasteiger partial charge in [-0.25, -0.2) is 9.78 Å². The van der Waals surface area contributed by atoms with Crippen LogP contribution in [0.25, 0.3) is 5.65 Å². The minimum Gasteiger partial charge on any atom is -0.319 e. The number of hydrogen-bond donors (Lipinski definition) is 1. The van der Waals surface area contributed by atoms with E-state index in [-0.39, 0.29) is 18.5 Å². The number of nitrogens with one attached hydrogen (secondary N) is 1. The number of fused-ring (bicyclic) bond motifs is 3. The van der Waals surface area contributed by atoms with Gasteiger partial charge in [-0.1, -0.05) is 6.07 Å². The average Bonchev–Trinajstić information content (AvgIpc) is 3.29. The maximum atomic E-state index is 13.2. The molecule has 1 N–H and O–H groups in total. The normalized spacial score (nSPS) is 22.3. The first-order chi connectivity index (χ1) is 12.6. The summed E-state index contributed by atoms with van der Waals surface area (Å²) in [6.45, 7) is 2.20. The summed E-state index contributed by atoms with van der Waals surface area (Å²) in [4.78, 5) is 32.9. The molecule has 1 atom stereocenters. The summed E-state index contributed by atoms with van der Waals surface area (Å²) < 4.78 is 1.93. The van der Waals surface area contributed by atoms with E-state index in [0.717, 1.165) is 29.6 Å². The van der Waals surface area contributed by atoms with Gasteiger partial charge < -0.3 is 9.72 Å². The number of carbonyl (C=O) groups excluding carboxylic acids is 2. The molecule has 1 aliphatic carbocycles. The number of rotatable bonds is 2. The molecular formula is C19H18N4O2S. The van der Waals surface area contributed by atoms with Gasteiger partial charge in [0.2, 0.25) is 0 Å². The van der Waals surface area contributed by atoms with Gasteiger partial charge in [-0.2, -0.15) is 0 Å². The van der Waals surface area contributed by atoms with Crippen LogP contribution in [0.2, 0.25) is 0 Å². The number of amides is 3. The van der Waals surface area contributed by atoms with Crippen LogP contribution in [0.1, 0.15) is 34.5 Å². The largest absolute Gasteiger partial charge is 0.325 e. The van der Waals surface area contributed by atoms with Crippen LogP contribution < -0.4 is 5.32 Å². The van der Waals surface area contributed by atoms with Crippen molar-refractivity contribution in [3.63, 3.8) is 0 Å². The zero-order valence-corrected chi connectivity index (χ0v) is 15.2. The van der Waals surface area contributed by atoms with Crippen molar-refractivity contribution in [1.82, 2.24) is 19.6 Å². The Labute approximate surface area is 154 Å². The maximum absolute atomic E-state index is 13.2. The van der Waals surface area contributed by atoms with Crippen molar-refractivity contribution in [2.24, 2.45) is 0 Å². The van der Waals surface area contributed by atoms with Crippen LogP contribution in [0.5, 0.6) is 0 Å². The van der Waals surface area contributed by atoms with E-state index < -0.39 is 5.54 Å². The monoisotopic (exact) mass is 366 g/mol. The van der Waals surface area contributed by atoms with Gasteiger partial charge in [-0.15, -0.1) is 11.3 Å². The summed E-state index contributed by atoms with van der Waals surface area (Å²) in [5.74, 6) is -0.157. The lowest BCUT2D eigenvalue weighted by Gasteiger charge is -2.31. The first-order valence-electron chi connectivity index (χ1n) is 8.72. The predicted molar refractivity (Wildman–Crippen MR) is 97.9 cm³/mol. The first kappa shape index (κ1) is 15.6. The van der Waals surface area contributed by atoms with Crippen LogP contribution in [-0.4, -0.2) is 26.2 Å². The molecule has 4 heterocycles. The van der Waals surface area contributed by atoms with Crippen molar-refractivity contribution in [3.05, 3.63) is 57.7 Å². The van der Waals surface area contributed by atoms with Crippen molar-refractivity contribution >= 4 is 28.9 Å². The SMILES string of the molecule is Cc1ccc2nc(CN3C(=O)NC4(CCCc5sccc54)C3=O)cn2c1. The molecule has 1 spiro atoms. The van der Waals surface area contributed by atoms with Crippen LogP contribution in [0.15, 0.2) is 36.0 Å². The molecule has 1 saturated heterocycles. The molecule has 0 saturated carbocycles. The molecule has 3 aromatic heterocycles. The van der Waals surface area contributed by atoms with Gasteiger partial charge in [0.25, 0.3) is 5.91 Å². The number of urea groups is 1. The van der Waals surface area contributed by atoms with E-state index in [1.165, 1.54) is 9.78 Å². The van der Waals surface area contributed by atoms with Gasteiger partial charge in [-0.3, -0.25) is 9.69 Å². The third-order valence-electron chi connectivity index (χ3n) is 5.31. The number of hydrogen-bond acceptors (Lipinski definition) is 4. The summed E-state index contributed by atoms with van der Waals surface area (Å²) in [6.07, 6.45) is 6.40. The fraction of sp³-hybridized carbons (Fsp3) is 0.316. The molecule has 26 heavy (non-hydrogen) atoms. The van der Waals surface area contributed by atoms with E-state index in [4.69, 9.17) is 0 Å². The van der Waals surface area contributed by atoms with Gasteiger partial charge in [0.05, 0.1) is 12.2 Å².